The lowest BCUT2D eigenvalue weighted by molar-refractivity contribution is 0.00443. The summed E-state index contributed by atoms with van der Waals surface area (Å²) in [6.45, 7) is 6.66. The third-order valence-electron chi connectivity index (χ3n) is 4.64. The summed E-state index contributed by atoms with van der Waals surface area (Å²) in [5.41, 5.74) is 1.79. The van der Waals surface area contributed by atoms with E-state index in [1.165, 1.54) is 0 Å². The molecule has 1 N–H and O–H groups in total. The van der Waals surface area contributed by atoms with Crippen molar-refractivity contribution < 1.29 is 5.11 Å². The van der Waals surface area contributed by atoms with Crippen LogP contribution in [-0.4, -0.2) is 15.7 Å². The average molecular weight is 301 g/mol. The normalized spacial score (nSPS) is 27.9. The number of benzene rings is 1. The molecular weight excluding hydrogens is 278 g/mol. The number of aliphatic hydroxyl groups is 1. The Balaban J connectivity index is 1.79. The van der Waals surface area contributed by atoms with Crippen molar-refractivity contribution in [3.8, 4) is 11.3 Å². The molecule has 0 aliphatic heterocycles. The molecule has 1 aliphatic rings. The molecule has 2 atom stereocenters. The molecule has 3 heteroatoms. The van der Waals surface area contributed by atoms with Crippen molar-refractivity contribution in [1.82, 2.24) is 4.98 Å². The highest BCUT2D eigenvalue weighted by molar-refractivity contribution is 7.09. The van der Waals surface area contributed by atoms with Crippen molar-refractivity contribution in [2.75, 3.05) is 0 Å². The van der Waals surface area contributed by atoms with Crippen molar-refractivity contribution in [1.29, 1.82) is 0 Å². The lowest BCUT2D eigenvalue weighted by atomic mass is 9.87. The molecule has 0 amide bonds. The van der Waals surface area contributed by atoms with E-state index in [2.05, 4.69) is 38.3 Å². The maximum atomic E-state index is 11.0. The minimum atomic E-state index is -0.602. The van der Waals surface area contributed by atoms with Gasteiger partial charge in [-0.15, -0.1) is 11.3 Å². The van der Waals surface area contributed by atoms with E-state index in [9.17, 15) is 5.11 Å². The summed E-state index contributed by atoms with van der Waals surface area (Å²) in [7, 11) is 0. The van der Waals surface area contributed by atoms with Gasteiger partial charge in [-0.25, -0.2) is 4.98 Å². The Kier molecular flexibility index (Phi) is 3.66. The van der Waals surface area contributed by atoms with Gasteiger partial charge >= 0.3 is 0 Å². The molecule has 112 valence electrons. The summed E-state index contributed by atoms with van der Waals surface area (Å²) in [6, 6.07) is 10.2. The molecule has 21 heavy (non-hydrogen) atoms. The number of nitrogens with zero attached hydrogens (tertiary/aromatic N) is 1. The molecule has 0 saturated heterocycles. The predicted molar refractivity (Wildman–Crippen MR) is 88.4 cm³/mol. The van der Waals surface area contributed by atoms with Gasteiger partial charge in [0.2, 0.25) is 0 Å². The fraction of sp³-hybridized carbons (Fsp3) is 0.500. The van der Waals surface area contributed by atoms with Gasteiger partial charge in [-0.3, -0.25) is 0 Å². The monoisotopic (exact) mass is 301 g/mol. The Morgan fingerprint density at radius 2 is 2.00 bits per heavy atom. The van der Waals surface area contributed by atoms with Gasteiger partial charge in [-0.2, -0.15) is 0 Å². The van der Waals surface area contributed by atoms with Crippen LogP contribution < -0.4 is 0 Å². The quantitative estimate of drug-likeness (QED) is 0.903. The van der Waals surface area contributed by atoms with Crippen molar-refractivity contribution in [2.45, 2.75) is 45.6 Å². The van der Waals surface area contributed by atoms with Gasteiger partial charge in [0, 0.05) is 17.4 Å². The van der Waals surface area contributed by atoms with Crippen molar-refractivity contribution in [3.05, 3.63) is 40.7 Å². The van der Waals surface area contributed by atoms with Gasteiger partial charge in [-0.1, -0.05) is 51.1 Å². The van der Waals surface area contributed by atoms with E-state index in [0.29, 0.717) is 12.3 Å². The van der Waals surface area contributed by atoms with E-state index < -0.39 is 5.60 Å². The standard InChI is InChI=1S/C18H23NOS/c1-13-9-17(2,3)12-18(13,20)10-16-19-15(11-21-16)14-7-5-4-6-8-14/h4-8,11,13,20H,9-10,12H2,1-3H3. The third kappa shape index (κ3) is 3.04. The maximum absolute atomic E-state index is 11.0. The first-order valence-corrected chi connectivity index (χ1v) is 8.48. The first-order chi connectivity index (χ1) is 9.88. The maximum Gasteiger partial charge on any atom is 0.0961 e. The van der Waals surface area contributed by atoms with Crippen LogP contribution in [0.5, 0.6) is 0 Å². The predicted octanol–water partition coefficient (Wildman–Crippen LogP) is 4.54. The van der Waals surface area contributed by atoms with E-state index >= 15 is 0 Å². The summed E-state index contributed by atoms with van der Waals surface area (Å²) in [6.07, 6.45) is 2.62. The lowest BCUT2D eigenvalue weighted by Crippen LogP contribution is -2.34. The number of hydrogen-bond donors (Lipinski definition) is 1. The van der Waals surface area contributed by atoms with E-state index in [1.807, 2.05) is 18.2 Å². The molecule has 1 aromatic heterocycles. The van der Waals surface area contributed by atoms with Gasteiger partial charge in [0.05, 0.1) is 16.3 Å². The summed E-state index contributed by atoms with van der Waals surface area (Å²) >= 11 is 1.66. The molecule has 2 aromatic rings. The summed E-state index contributed by atoms with van der Waals surface area (Å²) in [4.78, 5) is 4.73. The average Bonchev–Trinajstić information content (AvgIpc) is 2.93. The number of thiazole rings is 1. The highest BCUT2D eigenvalue weighted by atomic mass is 32.1. The molecule has 0 radical (unpaired) electrons. The lowest BCUT2D eigenvalue weighted by Gasteiger charge is -2.27. The van der Waals surface area contributed by atoms with Gasteiger partial charge in [0.1, 0.15) is 0 Å². The molecule has 3 rings (SSSR count). The zero-order valence-corrected chi connectivity index (χ0v) is 13.8. The van der Waals surface area contributed by atoms with Crippen molar-refractivity contribution in [2.24, 2.45) is 11.3 Å². The van der Waals surface area contributed by atoms with Crippen molar-refractivity contribution >= 4 is 11.3 Å². The molecule has 1 fully saturated rings. The highest BCUT2D eigenvalue weighted by Gasteiger charge is 2.47. The van der Waals surface area contributed by atoms with Crippen LogP contribution in [0.4, 0.5) is 0 Å². The SMILES string of the molecule is CC1CC(C)(C)CC1(O)Cc1nc(-c2ccccc2)cs1. The molecular formula is C18H23NOS. The number of aromatic nitrogens is 1. The second-order valence-electron chi connectivity index (χ2n) is 7.22. The molecule has 1 aliphatic carbocycles. The summed E-state index contributed by atoms with van der Waals surface area (Å²) in [5, 5.41) is 14.1. The van der Waals surface area contributed by atoms with E-state index in [0.717, 1.165) is 29.1 Å². The molecule has 2 unspecified atom stereocenters. The van der Waals surface area contributed by atoms with Crippen LogP contribution in [0.25, 0.3) is 11.3 Å². The van der Waals surface area contributed by atoms with Crippen LogP contribution in [0.15, 0.2) is 35.7 Å². The minimum absolute atomic E-state index is 0.230. The summed E-state index contributed by atoms with van der Waals surface area (Å²) < 4.78 is 0. The van der Waals surface area contributed by atoms with Crippen LogP contribution in [0.2, 0.25) is 0 Å². The second-order valence-corrected chi connectivity index (χ2v) is 8.16. The summed E-state index contributed by atoms with van der Waals surface area (Å²) in [5.74, 6) is 0.330. The molecule has 0 bridgehead atoms. The number of hydrogen-bond acceptors (Lipinski definition) is 3. The molecule has 1 aromatic carbocycles. The van der Waals surface area contributed by atoms with Gasteiger partial charge in [0.25, 0.3) is 0 Å². The van der Waals surface area contributed by atoms with Crippen LogP contribution in [-0.2, 0) is 6.42 Å². The van der Waals surface area contributed by atoms with Crippen molar-refractivity contribution in [3.63, 3.8) is 0 Å². The largest absolute Gasteiger partial charge is 0.389 e. The Hall–Kier alpha value is -1.19. The fourth-order valence-corrected chi connectivity index (χ4v) is 4.65. The van der Waals surface area contributed by atoms with E-state index in [4.69, 9.17) is 4.98 Å². The first kappa shape index (κ1) is 14.7. The molecule has 0 spiro atoms. The fourth-order valence-electron chi connectivity index (χ4n) is 3.73. The van der Waals surface area contributed by atoms with Crippen LogP contribution in [0, 0.1) is 11.3 Å². The second kappa shape index (κ2) is 5.22. The zero-order chi connectivity index (χ0) is 15.1. The van der Waals surface area contributed by atoms with Gasteiger partial charge in [0.15, 0.2) is 0 Å². The van der Waals surface area contributed by atoms with Gasteiger partial charge in [-0.05, 0) is 24.2 Å². The Morgan fingerprint density at radius 3 is 2.62 bits per heavy atom. The van der Waals surface area contributed by atoms with Gasteiger partial charge < -0.3 is 5.11 Å². The minimum Gasteiger partial charge on any atom is -0.389 e. The molecule has 1 saturated carbocycles. The Labute approximate surface area is 130 Å². The van der Waals surface area contributed by atoms with Crippen LogP contribution in [0.3, 0.4) is 0 Å². The smallest absolute Gasteiger partial charge is 0.0961 e. The zero-order valence-electron chi connectivity index (χ0n) is 13.0. The Morgan fingerprint density at radius 1 is 1.29 bits per heavy atom. The van der Waals surface area contributed by atoms with Crippen LogP contribution in [0.1, 0.15) is 38.6 Å². The van der Waals surface area contributed by atoms with Crippen LogP contribution >= 0.6 is 11.3 Å². The molecule has 2 nitrogen and oxygen atoms in total. The number of rotatable bonds is 3. The Bertz CT molecular complexity index is 619. The molecule has 1 heterocycles. The first-order valence-electron chi connectivity index (χ1n) is 7.60. The van der Waals surface area contributed by atoms with E-state index in [1.54, 1.807) is 11.3 Å². The van der Waals surface area contributed by atoms with E-state index in [-0.39, 0.29) is 5.41 Å². The topological polar surface area (TPSA) is 33.1 Å². The third-order valence-corrected chi connectivity index (χ3v) is 5.49. The highest BCUT2D eigenvalue weighted by Crippen LogP contribution is 2.49.